The summed E-state index contributed by atoms with van der Waals surface area (Å²) in [5.41, 5.74) is 31.3. The second kappa shape index (κ2) is 32.4. The standard InChI is InChI=1S/6C14H16N/c1-11-7-6-8-12(2)14(11)13-9-4-5-10-15(13)3;1-11-7-4-5-9-13(11)14-12(2)8-6-10-15(14)3;1-11-7-4-5-9-13(11)14-10-6-8-12(2)15(14)3;1-11-7-8-12(2)13(10-11)14-6-4-5-9-15(14)3;1-11-8-9-15(3)14(10-11)13-7-5-4-6-12(13)2;1-11-8-9-14(15(3)10-11)13-7-5-4-6-12(13)2/h6*4-10H,1-3H3/q6*+1. The Balaban J connectivity index is 0.000000154. The van der Waals surface area contributed by atoms with Gasteiger partial charge in [-0.15, -0.1) is 0 Å². The highest BCUT2D eigenvalue weighted by atomic mass is 14.9. The van der Waals surface area contributed by atoms with Gasteiger partial charge < -0.3 is 0 Å². The van der Waals surface area contributed by atoms with Crippen LogP contribution in [0.5, 0.6) is 0 Å². The average Bonchev–Trinajstić information content (AvgIpc) is 3.65. The molecule has 12 aromatic rings. The molecule has 12 rings (SSSR count). The molecule has 0 bridgehead atoms. The fourth-order valence-corrected chi connectivity index (χ4v) is 11.3. The summed E-state index contributed by atoms with van der Waals surface area (Å²) in [6.45, 7) is 25.7. The maximum atomic E-state index is 2.24. The molecule has 0 aliphatic heterocycles. The number of rotatable bonds is 6. The predicted octanol–water partition coefficient (Wildman–Crippen LogP) is 16.8. The molecule has 0 fully saturated rings. The molecule has 6 nitrogen and oxygen atoms in total. The second-order valence-corrected chi connectivity index (χ2v) is 23.9. The van der Waals surface area contributed by atoms with E-state index in [1.165, 1.54) is 134 Å². The lowest BCUT2D eigenvalue weighted by atomic mass is 9.99. The summed E-state index contributed by atoms with van der Waals surface area (Å²) < 4.78 is 13.1. The van der Waals surface area contributed by atoms with Crippen molar-refractivity contribution < 1.29 is 27.4 Å². The zero-order valence-corrected chi connectivity index (χ0v) is 56.9. The van der Waals surface area contributed by atoms with Gasteiger partial charge in [-0.3, -0.25) is 0 Å². The van der Waals surface area contributed by atoms with E-state index in [0.717, 1.165) is 0 Å². The lowest BCUT2D eigenvalue weighted by Gasteiger charge is -2.07. The molecule has 6 heteroatoms. The van der Waals surface area contributed by atoms with Gasteiger partial charge in [-0.25, -0.2) is 22.8 Å². The van der Waals surface area contributed by atoms with Crippen molar-refractivity contribution >= 4 is 0 Å². The van der Waals surface area contributed by atoms with Crippen LogP contribution in [0, 0.1) is 83.1 Å². The predicted molar refractivity (Wildman–Crippen MR) is 375 cm³/mol. The summed E-state index contributed by atoms with van der Waals surface area (Å²) >= 11 is 0. The maximum absolute atomic E-state index is 2.24. The van der Waals surface area contributed by atoms with Gasteiger partial charge in [0.25, 0.3) is 0 Å². The second-order valence-electron chi connectivity index (χ2n) is 23.9. The molecule has 0 N–H and O–H groups in total. The minimum Gasteiger partial charge on any atom is -0.201 e. The van der Waals surface area contributed by atoms with Crippen LogP contribution in [0.3, 0.4) is 0 Å². The van der Waals surface area contributed by atoms with Gasteiger partial charge in [-0.2, -0.15) is 4.57 Å². The van der Waals surface area contributed by atoms with Crippen LogP contribution in [0.4, 0.5) is 0 Å². The van der Waals surface area contributed by atoms with Gasteiger partial charge in [0.1, 0.15) is 42.3 Å². The first kappa shape index (κ1) is 67.7. The van der Waals surface area contributed by atoms with Crippen LogP contribution < -0.4 is 27.4 Å². The Hall–Kier alpha value is -9.78. The number of hydrogen-bond donors (Lipinski definition) is 0. The molecular weight excluding hydrogens is 1090 g/mol. The van der Waals surface area contributed by atoms with Gasteiger partial charge in [0.05, 0.1) is 5.56 Å². The van der Waals surface area contributed by atoms with E-state index in [4.69, 9.17) is 0 Å². The monoisotopic (exact) mass is 1190 g/mol. The van der Waals surface area contributed by atoms with E-state index in [2.05, 4.69) is 408 Å². The van der Waals surface area contributed by atoms with Gasteiger partial charge in [-0.1, -0.05) is 109 Å². The quantitative estimate of drug-likeness (QED) is 0.148. The van der Waals surface area contributed by atoms with Crippen LogP contribution in [0.2, 0.25) is 0 Å². The van der Waals surface area contributed by atoms with E-state index in [1.54, 1.807) is 0 Å². The highest BCUT2D eigenvalue weighted by Gasteiger charge is 2.18. The molecule has 0 saturated carbocycles. The van der Waals surface area contributed by atoms with Gasteiger partial charge in [-0.05, 0) is 181 Å². The first-order valence-electron chi connectivity index (χ1n) is 31.3. The SMILES string of the molecule is Cc1cc[n+](C)c(-c2ccccc2C)c1.Cc1ccc(-c2ccccc2C)[n+](C)c1.Cc1ccc(C)c(-c2cccc[n+]2C)c1.Cc1cccc(C)c1-c1cccc[n+]1C.Cc1ccccc1-c1c(C)ccc[n+]1C.Cc1ccccc1-c1cccc(C)[n+]1C. The summed E-state index contributed by atoms with van der Waals surface area (Å²) in [5.74, 6) is 0. The lowest BCUT2D eigenvalue weighted by Crippen LogP contribution is -2.34. The van der Waals surface area contributed by atoms with Crippen molar-refractivity contribution in [2.75, 3.05) is 0 Å². The molecule has 0 atom stereocenters. The minimum absolute atomic E-state index is 1.26. The molecule has 0 aliphatic carbocycles. The molecular formula is C84H96N6+6. The number of hydrogen-bond acceptors (Lipinski definition) is 0. The summed E-state index contributed by atoms with van der Waals surface area (Å²) in [6.07, 6.45) is 10.5. The number of benzene rings is 6. The molecule has 0 aliphatic rings. The topological polar surface area (TPSA) is 23.3 Å². The Bertz CT molecular complexity index is 4070. The summed E-state index contributed by atoms with van der Waals surface area (Å²) in [4.78, 5) is 0. The molecule has 6 aromatic heterocycles. The van der Waals surface area contributed by atoms with Gasteiger partial charge in [0, 0.05) is 107 Å². The minimum atomic E-state index is 1.26. The van der Waals surface area contributed by atoms with Crippen LogP contribution in [-0.4, -0.2) is 0 Å². The Morgan fingerprint density at radius 1 is 0.222 bits per heavy atom. The molecule has 0 amide bonds. The third-order valence-electron chi connectivity index (χ3n) is 16.6. The lowest BCUT2D eigenvalue weighted by molar-refractivity contribution is -0.666. The molecule has 0 spiro atoms. The highest BCUT2D eigenvalue weighted by molar-refractivity contribution is 5.67. The normalized spacial score (nSPS) is 10.3. The largest absolute Gasteiger partial charge is 0.215 e. The van der Waals surface area contributed by atoms with E-state index in [0.29, 0.717) is 0 Å². The van der Waals surface area contributed by atoms with E-state index >= 15 is 0 Å². The van der Waals surface area contributed by atoms with Gasteiger partial charge in [0.2, 0.25) is 34.2 Å². The van der Waals surface area contributed by atoms with Crippen molar-refractivity contribution in [1.82, 2.24) is 0 Å². The zero-order valence-electron chi connectivity index (χ0n) is 56.9. The number of pyridine rings is 6. The molecule has 6 heterocycles. The van der Waals surface area contributed by atoms with E-state index in [-0.39, 0.29) is 0 Å². The van der Waals surface area contributed by atoms with Crippen LogP contribution >= 0.6 is 0 Å². The van der Waals surface area contributed by atoms with Gasteiger partial charge >= 0.3 is 0 Å². The summed E-state index contributed by atoms with van der Waals surface area (Å²) in [7, 11) is 12.5. The molecule has 0 unspecified atom stereocenters. The fourth-order valence-electron chi connectivity index (χ4n) is 11.3. The van der Waals surface area contributed by atoms with Crippen molar-refractivity contribution in [2.45, 2.75) is 83.1 Å². The van der Waals surface area contributed by atoms with Crippen LogP contribution in [-0.2, 0) is 42.3 Å². The molecule has 0 radical (unpaired) electrons. The Morgan fingerprint density at radius 2 is 0.622 bits per heavy atom. The van der Waals surface area contributed by atoms with E-state index in [9.17, 15) is 0 Å². The Kier molecular flexibility index (Phi) is 24.4. The number of nitrogens with zero attached hydrogens (tertiary/aromatic N) is 6. The molecule has 456 valence electrons. The van der Waals surface area contributed by atoms with Crippen LogP contribution in [0.1, 0.15) is 66.9 Å². The third kappa shape index (κ3) is 17.9. The zero-order chi connectivity index (χ0) is 65.0. The van der Waals surface area contributed by atoms with Crippen molar-refractivity contribution in [3.05, 3.63) is 322 Å². The third-order valence-corrected chi connectivity index (χ3v) is 16.6. The van der Waals surface area contributed by atoms with Crippen molar-refractivity contribution in [3.8, 4) is 67.5 Å². The summed E-state index contributed by atoms with van der Waals surface area (Å²) in [5, 5.41) is 0. The first-order chi connectivity index (χ1) is 43.1. The van der Waals surface area contributed by atoms with Crippen LogP contribution in [0.25, 0.3) is 67.5 Å². The number of aryl methyl sites for hydroxylation is 17. The summed E-state index contributed by atoms with van der Waals surface area (Å²) in [6, 6.07) is 78.9. The Morgan fingerprint density at radius 3 is 1.16 bits per heavy atom. The van der Waals surface area contributed by atoms with Crippen LogP contribution in [0.15, 0.2) is 255 Å². The molecule has 0 saturated heterocycles. The molecule has 90 heavy (non-hydrogen) atoms. The smallest absolute Gasteiger partial charge is 0.201 e. The van der Waals surface area contributed by atoms with Crippen molar-refractivity contribution in [1.29, 1.82) is 0 Å². The maximum Gasteiger partial charge on any atom is 0.215 e. The van der Waals surface area contributed by atoms with E-state index in [1.807, 2.05) is 0 Å². The van der Waals surface area contributed by atoms with Gasteiger partial charge in [0.15, 0.2) is 36.7 Å². The average molecular weight is 1190 g/mol. The first-order valence-corrected chi connectivity index (χ1v) is 31.3. The van der Waals surface area contributed by atoms with Crippen molar-refractivity contribution in [2.24, 2.45) is 42.3 Å². The molecule has 6 aromatic carbocycles. The van der Waals surface area contributed by atoms with E-state index < -0.39 is 0 Å². The fraction of sp³-hybridized carbons (Fsp3) is 0.214. The number of aromatic nitrogens is 6. The highest BCUT2D eigenvalue weighted by Crippen LogP contribution is 2.27. The Labute approximate surface area is 539 Å². The van der Waals surface area contributed by atoms with Crippen molar-refractivity contribution in [3.63, 3.8) is 0 Å².